The van der Waals surface area contributed by atoms with Crippen molar-refractivity contribution in [1.82, 2.24) is 0 Å². The maximum absolute atomic E-state index is 10.6. The largest absolute Gasteiger partial charge is 0.390 e. The fourth-order valence-corrected chi connectivity index (χ4v) is 3.09. The van der Waals surface area contributed by atoms with Gasteiger partial charge in [-0.25, -0.2) is 0 Å². The van der Waals surface area contributed by atoms with Gasteiger partial charge in [-0.15, -0.1) is 0 Å². The molecule has 96 valence electrons. The molecule has 0 spiro atoms. The third kappa shape index (κ3) is 2.04. The molecule has 2 nitrogen and oxygen atoms in total. The smallest absolute Gasteiger partial charge is 0.0855 e. The zero-order chi connectivity index (χ0) is 13.2. The molecule has 1 aliphatic rings. The number of benzene rings is 1. The van der Waals surface area contributed by atoms with Crippen LogP contribution >= 0.6 is 0 Å². The number of aliphatic hydroxyl groups is 1. The molecule has 2 rings (SSSR count). The zero-order valence-corrected chi connectivity index (χ0v) is 11.2. The molecule has 0 heterocycles. The lowest BCUT2D eigenvalue weighted by molar-refractivity contribution is 0.00843. The Hall–Kier alpha value is -1.33. The Balaban J connectivity index is 2.38. The molecule has 0 bridgehead atoms. The van der Waals surface area contributed by atoms with Gasteiger partial charge in [0.2, 0.25) is 0 Å². The molecule has 1 aromatic carbocycles. The minimum atomic E-state index is -0.715. The van der Waals surface area contributed by atoms with Crippen LogP contribution in [0.15, 0.2) is 24.3 Å². The highest BCUT2D eigenvalue weighted by molar-refractivity contribution is 5.44. The van der Waals surface area contributed by atoms with Gasteiger partial charge in [-0.2, -0.15) is 5.26 Å². The molecule has 0 fully saturated rings. The molecular formula is C16H21NO. The second-order valence-electron chi connectivity index (χ2n) is 5.46. The summed E-state index contributed by atoms with van der Waals surface area (Å²) in [5.74, 6) is 0. The third-order valence-corrected chi connectivity index (χ3v) is 4.52. The minimum absolute atomic E-state index is 0.489. The molecule has 1 aromatic rings. The molecule has 0 amide bonds. The van der Waals surface area contributed by atoms with E-state index < -0.39 is 11.0 Å². The average molecular weight is 243 g/mol. The maximum Gasteiger partial charge on any atom is 0.0855 e. The van der Waals surface area contributed by atoms with Crippen LogP contribution < -0.4 is 0 Å². The maximum atomic E-state index is 10.6. The van der Waals surface area contributed by atoms with E-state index in [1.54, 1.807) is 0 Å². The normalized spacial score (nSPS) is 22.6. The molecule has 0 saturated heterocycles. The summed E-state index contributed by atoms with van der Waals surface area (Å²) in [6.45, 7) is 3.99. The van der Waals surface area contributed by atoms with Crippen molar-refractivity contribution in [2.75, 3.05) is 0 Å². The van der Waals surface area contributed by atoms with Crippen molar-refractivity contribution in [2.24, 2.45) is 0 Å². The number of nitrogens with zero attached hydrogens (tertiary/aromatic N) is 1. The molecule has 0 saturated carbocycles. The summed E-state index contributed by atoms with van der Waals surface area (Å²) < 4.78 is 0. The van der Waals surface area contributed by atoms with Gasteiger partial charge in [0.1, 0.15) is 0 Å². The minimum Gasteiger partial charge on any atom is -0.390 e. The lowest BCUT2D eigenvalue weighted by atomic mass is 9.72. The number of rotatable bonds is 4. The van der Waals surface area contributed by atoms with E-state index in [0.29, 0.717) is 19.3 Å². The van der Waals surface area contributed by atoms with Gasteiger partial charge in [0.15, 0.2) is 0 Å². The van der Waals surface area contributed by atoms with Crippen LogP contribution in [0, 0.1) is 11.3 Å². The van der Waals surface area contributed by atoms with Crippen LogP contribution in [0.4, 0.5) is 0 Å². The summed E-state index contributed by atoms with van der Waals surface area (Å²) in [6.07, 6.45) is 3.75. The molecule has 0 aromatic heterocycles. The van der Waals surface area contributed by atoms with Crippen LogP contribution in [0.2, 0.25) is 0 Å². The zero-order valence-electron chi connectivity index (χ0n) is 11.2. The molecular weight excluding hydrogens is 222 g/mol. The first-order valence-electron chi connectivity index (χ1n) is 6.81. The fourth-order valence-electron chi connectivity index (χ4n) is 3.09. The Morgan fingerprint density at radius 1 is 1.33 bits per heavy atom. The Labute approximate surface area is 109 Å². The van der Waals surface area contributed by atoms with E-state index in [-0.39, 0.29) is 0 Å². The van der Waals surface area contributed by atoms with Crippen molar-refractivity contribution in [3.63, 3.8) is 0 Å². The van der Waals surface area contributed by atoms with Crippen molar-refractivity contribution >= 4 is 0 Å². The molecule has 1 N–H and O–H groups in total. The van der Waals surface area contributed by atoms with Crippen molar-refractivity contribution in [3.05, 3.63) is 35.4 Å². The van der Waals surface area contributed by atoms with E-state index in [1.165, 1.54) is 5.56 Å². The van der Waals surface area contributed by atoms with E-state index in [1.807, 2.05) is 26.0 Å². The van der Waals surface area contributed by atoms with Crippen molar-refractivity contribution in [1.29, 1.82) is 5.26 Å². The van der Waals surface area contributed by atoms with Crippen molar-refractivity contribution in [3.8, 4) is 6.07 Å². The summed E-state index contributed by atoms with van der Waals surface area (Å²) in [6, 6.07) is 10.7. The summed E-state index contributed by atoms with van der Waals surface area (Å²) in [5.41, 5.74) is 1.20. The second-order valence-corrected chi connectivity index (χ2v) is 5.46. The Morgan fingerprint density at radius 3 is 2.61 bits per heavy atom. The predicted octanol–water partition coefficient (Wildman–Crippen LogP) is 3.34. The van der Waals surface area contributed by atoms with Gasteiger partial charge >= 0.3 is 0 Å². The predicted molar refractivity (Wildman–Crippen MR) is 72.2 cm³/mol. The van der Waals surface area contributed by atoms with Gasteiger partial charge < -0.3 is 5.11 Å². The van der Waals surface area contributed by atoms with E-state index in [2.05, 4.69) is 18.2 Å². The van der Waals surface area contributed by atoms with Crippen LogP contribution in [0.5, 0.6) is 0 Å². The van der Waals surface area contributed by atoms with Gasteiger partial charge in [-0.1, -0.05) is 38.1 Å². The van der Waals surface area contributed by atoms with Gasteiger partial charge in [-0.3, -0.25) is 0 Å². The van der Waals surface area contributed by atoms with E-state index in [9.17, 15) is 10.4 Å². The SMILES string of the molecule is CCC(O)(CC)CC1(C#N)CCc2ccccc21. The van der Waals surface area contributed by atoms with Gasteiger partial charge in [-0.05, 0) is 43.2 Å². The fraction of sp³-hybridized carbons (Fsp3) is 0.562. The number of hydrogen-bond donors (Lipinski definition) is 1. The van der Waals surface area contributed by atoms with E-state index in [4.69, 9.17) is 0 Å². The highest BCUT2D eigenvalue weighted by atomic mass is 16.3. The number of aryl methyl sites for hydroxylation is 1. The molecule has 1 aliphatic carbocycles. The molecule has 0 aliphatic heterocycles. The van der Waals surface area contributed by atoms with Crippen molar-refractivity contribution in [2.45, 2.75) is 57.0 Å². The number of nitriles is 1. The Morgan fingerprint density at radius 2 is 2.00 bits per heavy atom. The van der Waals surface area contributed by atoms with Crippen LogP contribution in [0.25, 0.3) is 0 Å². The highest BCUT2D eigenvalue weighted by Crippen LogP contribution is 2.45. The standard InChI is InChI=1S/C16H21NO/c1-3-16(18,4-2)11-15(12-17)10-9-13-7-5-6-8-14(13)15/h5-8,18H,3-4,9-11H2,1-2H3. The summed E-state index contributed by atoms with van der Waals surface area (Å²) in [5, 5.41) is 20.2. The molecule has 2 heteroatoms. The first-order valence-corrected chi connectivity index (χ1v) is 6.81. The van der Waals surface area contributed by atoms with Gasteiger partial charge in [0.05, 0.1) is 17.1 Å². The van der Waals surface area contributed by atoms with Crippen LogP contribution in [0.3, 0.4) is 0 Å². The molecule has 0 radical (unpaired) electrons. The lowest BCUT2D eigenvalue weighted by Gasteiger charge is -2.33. The number of fused-ring (bicyclic) bond motifs is 1. The van der Waals surface area contributed by atoms with Crippen LogP contribution in [-0.2, 0) is 11.8 Å². The average Bonchev–Trinajstić information content (AvgIpc) is 2.78. The van der Waals surface area contributed by atoms with Gasteiger partial charge in [0, 0.05) is 0 Å². The van der Waals surface area contributed by atoms with Crippen LogP contribution in [-0.4, -0.2) is 10.7 Å². The summed E-state index contributed by atoms with van der Waals surface area (Å²) in [4.78, 5) is 0. The quantitative estimate of drug-likeness (QED) is 0.881. The summed E-state index contributed by atoms with van der Waals surface area (Å²) in [7, 11) is 0. The number of hydrogen-bond acceptors (Lipinski definition) is 2. The Bertz CT molecular complexity index is 470. The monoisotopic (exact) mass is 243 g/mol. The van der Waals surface area contributed by atoms with Gasteiger partial charge in [0.25, 0.3) is 0 Å². The third-order valence-electron chi connectivity index (χ3n) is 4.52. The Kier molecular flexibility index (Phi) is 3.45. The molecule has 1 unspecified atom stereocenters. The van der Waals surface area contributed by atoms with E-state index >= 15 is 0 Å². The van der Waals surface area contributed by atoms with Crippen molar-refractivity contribution < 1.29 is 5.11 Å². The first-order chi connectivity index (χ1) is 8.59. The molecule has 1 atom stereocenters. The highest BCUT2D eigenvalue weighted by Gasteiger charge is 2.44. The molecule has 18 heavy (non-hydrogen) atoms. The first kappa shape index (κ1) is 13.1. The second kappa shape index (κ2) is 4.74. The van der Waals surface area contributed by atoms with Crippen LogP contribution in [0.1, 0.15) is 50.7 Å². The lowest BCUT2D eigenvalue weighted by Crippen LogP contribution is -2.37. The van der Waals surface area contributed by atoms with E-state index in [0.717, 1.165) is 18.4 Å². The summed E-state index contributed by atoms with van der Waals surface area (Å²) >= 11 is 0. The topological polar surface area (TPSA) is 44.0 Å².